The van der Waals surface area contributed by atoms with Gasteiger partial charge in [0.25, 0.3) is 0 Å². The number of alkyl halides is 3. The molecule has 17 heavy (non-hydrogen) atoms. The van der Waals surface area contributed by atoms with Gasteiger partial charge in [0.05, 0.1) is 18.7 Å². The SMILES string of the molecule is COC(=O)c1n[nH]c2c1CCCC2C(F)(F)F. The molecule has 1 unspecified atom stereocenters. The molecular formula is C10H11F3N2O2. The van der Waals surface area contributed by atoms with E-state index in [0.717, 1.165) is 0 Å². The van der Waals surface area contributed by atoms with Crippen LogP contribution in [0.25, 0.3) is 0 Å². The summed E-state index contributed by atoms with van der Waals surface area (Å²) >= 11 is 0. The summed E-state index contributed by atoms with van der Waals surface area (Å²) < 4.78 is 42.7. The van der Waals surface area contributed by atoms with Crippen molar-refractivity contribution >= 4 is 5.97 Å². The van der Waals surface area contributed by atoms with E-state index in [2.05, 4.69) is 14.9 Å². The Bertz CT molecular complexity index is 439. The monoisotopic (exact) mass is 248 g/mol. The van der Waals surface area contributed by atoms with Gasteiger partial charge in [0.15, 0.2) is 5.69 Å². The highest BCUT2D eigenvalue weighted by Crippen LogP contribution is 2.42. The molecule has 0 amide bonds. The molecule has 0 fully saturated rings. The molecule has 1 N–H and O–H groups in total. The molecule has 1 heterocycles. The lowest BCUT2D eigenvalue weighted by atomic mass is 9.86. The second kappa shape index (κ2) is 4.05. The predicted molar refractivity (Wildman–Crippen MR) is 51.7 cm³/mol. The van der Waals surface area contributed by atoms with Gasteiger partial charge in [0, 0.05) is 5.56 Å². The minimum absolute atomic E-state index is 0.00384. The van der Waals surface area contributed by atoms with E-state index in [-0.39, 0.29) is 17.8 Å². The van der Waals surface area contributed by atoms with Crippen LogP contribution in [0.1, 0.15) is 40.5 Å². The lowest BCUT2D eigenvalue weighted by Gasteiger charge is -2.24. The Hall–Kier alpha value is -1.53. The third kappa shape index (κ3) is 2.01. The first-order valence-electron chi connectivity index (χ1n) is 5.17. The minimum atomic E-state index is -4.31. The largest absolute Gasteiger partial charge is 0.464 e. The third-order valence-electron chi connectivity index (χ3n) is 2.94. The number of carbonyl (C=O) groups excluding carboxylic acids is 1. The molecule has 1 atom stereocenters. The average Bonchev–Trinajstić information content (AvgIpc) is 2.69. The Morgan fingerprint density at radius 1 is 1.53 bits per heavy atom. The molecule has 0 radical (unpaired) electrons. The number of esters is 1. The number of rotatable bonds is 1. The average molecular weight is 248 g/mol. The molecule has 0 bridgehead atoms. The van der Waals surface area contributed by atoms with E-state index in [1.165, 1.54) is 7.11 Å². The Kier molecular flexibility index (Phi) is 2.84. The lowest BCUT2D eigenvalue weighted by molar-refractivity contribution is -0.154. The van der Waals surface area contributed by atoms with Crippen LogP contribution < -0.4 is 0 Å². The maximum absolute atomic E-state index is 12.7. The molecule has 0 saturated heterocycles. The summed E-state index contributed by atoms with van der Waals surface area (Å²) in [7, 11) is 1.17. The van der Waals surface area contributed by atoms with Gasteiger partial charge in [-0.25, -0.2) is 4.79 Å². The van der Waals surface area contributed by atoms with Gasteiger partial charge in [-0.05, 0) is 19.3 Å². The van der Waals surface area contributed by atoms with Crippen LogP contribution in [0.15, 0.2) is 0 Å². The van der Waals surface area contributed by atoms with E-state index in [1.807, 2.05) is 0 Å². The van der Waals surface area contributed by atoms with E-state index >= 15 is 0 Å². The van der Waals surface area contributed by atoms with Crippen molar-refractivity contribution in [1.29, 1.82) is 0 Å². The Labute approximate surface area is 95.1 Å². The summed E-state index contributed by atoms with van der Waals surface area (Å²) in [6.45, 7) is 0. The highest BCUT2D eigenvalue weighted by molar-refractivity contribution is 5.89. The van der Waals surface area contributed by atoms with Crippen LogP contribution in [0, 0.1) is 0 Å². The van der Waals surface area contributed by atoms with Crippen molar-refractivity contribution in [3.05, 3.63) is 17.0 Å². The number of aromatic amines is 1. The fourth-order valence-electron chi connectivity index (χ4n) is 2.14. The van der Waals surface area contributed by atoms with Gasteiger partial charge in [-0.15, -0.1) is 0 Å². The van der Waals surface area contributed by atoms with Gasteiger partial charge in [-0.3, -0.25) is 5.10 Å². The second-order valence-electron chi connectivity index (χ2n) is 3.94. The van der Waals surface area contributed by atoms with Crippen molar-refractivity contribution in [3.63, 3.8) is 0 Å². The van der Waals surface area contributed by atoms with Crippen molar-refractivity contribution in [2.24, 2.45) is 0 Å². The first kappa shape index (κ1) is 11.9. The number of aromatic nitrogens is 2. The van der Waals surface area contributed by atoms with E-state index < -0.39 is 18.1 Å². The van der Waals surface area contributed by atoms with Gasteiger partial charge in [0.1, 0.15) is 0 Å². The van der Waals surface area contributed by atoms with Crippen LogP contribution in [-0.2, 0) is 11.2 Å². The lowest BCUT2D eigenvalue weighted by Crippen LogP contribution is -2.25. The second-order valence-corrected chi connectivity index (χ2v) is 3.94. The maximum Gasteiger partial charge on any atom is 0.397 e. The van der Waals surface area contributed by atoms with E-state index in [4.69, 9.17) is 0 Å². The Balaban J connectivity index is 2.42. The van der Waals surface area contributed by atoms with Crippen molar-refractivity contribution in [1.82, 2.24) is 10.2 Å². The van der Waals surface area contributed by atoms with Crippen molar-refractivity contribution < 1.29 is 22.7 Å². The summed E-state index contributed by atoms with van der Waals surface area (Å²) in [6.07, 6.45) is -3.47. The molecule has 1 aromatic rings. The fraction of sp³-hybridized carbons (Fsp3) is 0.600. The van der Waals surface area contributed by atoms with E-state index in [1.54, 1.807) is 0 Å². The number of halogens is 3. The maximum atomic E-state index is 12.7. The summed E-state index contributed by atoms with van der Waals surface area (Å²) in [4.78, 5) is 11.3. The molecular weight excluding hydrogens is 237 g/mol. The van der Waals surface area contributed by atoms with Crippen molar-refractivity contribution in [2.75, 3.05) is 7.11 Å². The Morgan fingerprint density at radius 2 is 2.24 bits per heavy atom. The first-order chi connectivity index (χ1) is 7.95. The standard InChI is InChI=1S/C10H11F3N2O2/c1-17-9(16)8-5-3-2-4-6(10(11,12)13)7(5)14-15-8/h6H,2-4H2,1H3,(H,14,15). The third-order valence-corrected chi connectivity index (χ3v) is 2.94. The highest BCUT2D eigenvalue weighted by atomic mass is 19.4. The van der Waals surface area contributed by atoms with E-state index in [0.29, 0.717) is 18.4 Å². The number of methoxy groups -OCH3 is 1. The molecule has 2 rings (SSSR count). The normalized spacial score (nSPS) is 19.9. The van der Waals surface area contributed by atoms with Gasteiger partial charge >= 0.3 is 12.1 Å². The van der Waals surface area contributed by atoms with Crippen molar-refractivity contribution in [3.8, 4) is 0 Å². The molecule has 1 aromatic heterocycles. The minimum Gasteiger partial charge on any atom is -0.464 e. The summed E-state index contributed by atoms with van der Waals surface area (Å²) in [5, 5.41) is 5.96. The van der Waals surface area contributed by atoms with Gasteiger partial charge in [-0.1, -0.05) is 0 Å². The molecule has 0 aromatic carbocycles. The molecule has 94 valence electrons. The molecule has 7 heteroatoms. The summed E-state index contributed by atoms with van der Waals surface area (Å²) in [6, 6.07) is 0. The molecule has 1 aliphatic rings. The van der Waals surface area contributed by atoms with Crippen LogP contribution in [0.3, 0.4) is 0 Å². The van der Waals surface area contributed by atoms with Crippen molar-refractivity contribution in [2.45, 2.75) is 31.4 Å². The number of ether oxygens (including phenoxy) is 1. The zero-order valence-electron chi connectivity index (χ0n) is 9.10. The smallest absolute Gasteiger partial charge is 0.397 e. The number of nitrogens with one attached hydrogen (secondary N) is 1. The number of hydrogen-bond donors (Lipinski definition) is 1. The van der Waals surface area contributed by atoms with Crippen LogP contribution in [-0.4, -0.2) is 29.5 Å². The number of carbonyl (C=O) groups is 1. The Morgan fingerprint density at radius 3 is 2.82 bits per heavy atom. The van der Waals surface area contributed by atoms with Crippen LogP contribution >= 0.6 is 0 Å². The van der Waals surface area contributed by atoms with E-state index in [9.17, 15) is 18.0 Å². The van der Waals surface area contributed by atoms with Gasteiger partial charge in [0.2, 0.25) is 0 Å². The number of H-pyrrole nitrogens is 1. The number of fused-ring (bicyclic) bond motifs is 1. The van der Waals surface area contributed by atoms with Crippen LogP contribution in [0.5, 0.6) is 0 Å². The first-order valence-corrected chi connectivity index (χ1v) is 5.17. The van der Waals surface area contributed by atoms with Gasteiger partial charge in [-0.2, -0.15) is 18.3 Å². The zero-order valence-corrected chi connectivity index (χ0v) is 9.10. The summed E-state index contributed by atoms with van der Waals surface area (Å²) in [5.74, 6) is -2.26. The number of nitrogens with zero attached hydrogens (tertiary/aromatic N) is 1. The number of hydrogen-bond acceptors (Lipinski definition) is 3. The molecule has 0 spiro atoms. The quantitative estimate of drug-likeness (QED) is 0.775. The molecule has 0 aliphatic heterocycles. The van der Waals surface area contributed by atoms with Crippen LogP contribution in [0.2, 0.25) is 0 Å². The summed E-state index contributed by atoms with van der Waals surface area (Å²) in [5.41, 5.74) is 0.311. The molecule has 0 saturated carbocycles. The topological polar surface area (TPSA) is 55.0 Å². The predicted octanol–water partition coefficient (Wildman–Crippen LogP) is 2.18. The van der Waals surface area contributed by atoms with Crippen LogP contribution in [0.4, 0.5) is 13.2 Å². The highest BCUT2D eigenvalue weighted by Gasteiger charge is 2.45. The zero-order chi connectivity index (χ0) is 12.6. The fourth-order valence-corrected chi connectivity index (χ4v) is 2.14. The molecule has 1 aliphatic carbocycles. The molecule has 4 nitrogen and oxygen atoms in total. The van der Waals surface area contributed by atoms with Gasteiger partial charge < -0.3 is 4.74 Å².